The monoisotopic (exact) mass is 306 g/mol. The summed E-state index contributed by atoms with van der Waals surface area (Å²) in [5, 5.41) is 12.5. The van der Waals surface area contributed by atoms with Gasteiger partial charge in [-0.15, -0.1) is 0 Å². The van der Waals surface area contributed by atoms with Crippen molar-refractivity contribution in [1.29, 1.82) is 0 Å². The minimum absolute atomic E-state index is 0.219. The van der Waals surface area contributed by atoms with Gasteiger partial charge in [0.15, 0.2) is 0 Å². The second-order valence-electron chi connectivity index (χ2n) is 4.70. The van der Waals surface area contributed by atoms with E-state index < -0.39 is 10.0 Å². The largest absolute Gasteiger partial charge is 0.508 e. The van der Waals surface area contributed by atoms with E-state index >= 15 is 0 Å². The number of phenolic OH excluding ortho intramolecular Hbond substituents is 1. The zero-order chi connectivity index (χ0) is 15.5. The fourth-order valence-electron chi connectivity index (χ4n) is 1.89. The third-order valence-electron chi connectivity index (χ3n) is 3.21. The average Bonchev–Trinajstić information content (AvgIpc) is 2.48. The number of hydrogen-bond acceptors (Lipinski definition) is 4. The van der Waals surface area contributed by atoms with Gasteiger partial charge in [-0.1, -0.05) is 18.2 Å². The van der Waals surface area contributed by atoms with Crippen molar-refractivity contribution in [3.8, 4) is 5.75 Å². The maximum atomic E-state index is 11.8. The van der Waals surface area contributed by atoms with E-state index in [0.717, 1.165) is 16.8 Å². The van der Waals surface area contributed by atoms with Gasteiger partial charge in [-0.2, -0.15) is 0 Å². The van der Waals surface area contributed by atoms with Crippen molar-refractivity contribution in [3.63, 3.8) is 0 Å². The summed E-state index contributed by atoms with van der Waals surface area (Å²) in [6, 6.07) is 11.8. The quantitative estimate of drug-likeness (QED) is 0.791. The van der Waals surface area contributed by atoms with Crippen LogP contribution in [0.3, 0.4) is 0 Å². The minimum atomic E-state index is -3.45. The predicted molar refractivity (Wildman–Crippen MR) is 82.9 cm³/mol. The van der Waals surface area contributed by atoms with E-state index in [4.69, 9.17) is 0 Å². The van der Waals surface area contributed by atoms with Crippen LogP contribution in [0.25, 0.3) is 0 Å². The van der Waals surface area contributed by atoms with Crippen LogP contribution in [-0.2, 0) is 16.6 Å². The van der Waals surface area contributed by atoms with Crippen molar-refractivity contribution in [1.82, 2.24) is 4.72 Å². The zero-order valence-electron chi connectivity index (χ0n) is 11.9. The number of aryl methyl sites for hydroxylation is 1. The predicted octanol–water partition coefficient (Wildman–Crippen LogP) is 2.22. The molecule has 0 aliphatic rings. The van der Waals surface area contributed by atoms with Crippen LogP contribution in [-0.4, -0.2) is 20.6 Å². The fraction of sp³-hybridized carbons (Fsp3) is 0.200. The SMILES string of the molecule is CNS(=O)(=O)c1ccc(C)c(NCc2ccc(O)cc2)c1. The van der Waals surface area contributed by atoms with Crippen molar-refractivity contribution < 1.29 is 13.5 Å². The number of nitrogens with one attached hydrogen (secondary N) is 2. The molecule has 0 aromatic heterocycles. The Labute approximate surface area is 124 Å². The Bertz CT molecular complexity index is 725. The van der Waals surface area contributed by atoms with Gasteiger partial charge in [0.25, 0.3) is 0 Å². The van der Waals surface area contributed by atoms with Gasteiger partial charge in [-0.05, 0) is 49.4 Å². The normalized spacial score (nSPS) is 11.3. The molecule has 2 rings (SSSR count). The second kappa shape index (κ2) is 6.15. The number of sulfonamides is 1. The molecule has 0 bridgehead atoms. The number of anilines is 1. The lowest BCUT2D eigenvalue weighted by Gasteiger charge is -2.12. The lowest BCUT2D eigenvalue weighted by Crippen LogP contribution is -2.18. The molecule has 6 heteroatoms. The van der Waals surface area contributed by atoms with E-state index in [1.54, 1.807) is 30.3 Å². The maximum Gasteiger partial charge on any atom is 0.240 e. The fourth-order valence-corrected chi connectivity index (χ4v) is 2.64. The summed E-state index contributed by atoms with van der Waals surface area (Å²) in [5.74, 6) is 0.219. The smallest absolute Gasteiger partial charge is 0.240 e. The lowest BCUT2D eigenvalue weighted by atomic mass is 10.1. The summed E-state index contributed by atoms with van der Waals surface area (Å²) in [5.41, 5.74) is 2.72. The molecule has 0 fully saturated rings. The zero-order valence-corrected chi connectivity index (χ0v) is 12.7. The van der Waals surface area contributed by atoms with Crippen LogP contribution in [0.4, 0.5) is 5.69 Å². The molecule has 112 valence electrons. The van der Waals surface area contributed by atoms with Gasteiger partial charge in [0, 0.05) is 12.2 Å². The van der Waals surface area contributed by atoms with Crippen LogP contribution in [0.5, 0.6) is 5.75 Å². The highest BCUT2D eigenvalue weighted by molar-refractivity contribution is 7.89. The summed E-state index contributed by atoms with van der Waals surface area (Å²) in [6.45, 7) is 2.46. The van der Waals surface area contributed by atoms with E-state index in [-0.39, 0.29) is 10.6 Å². The number of hydrogen-bond donors (Lipinski definition) is 3. The number of rotatable bonds is 5. The van der Waals surface area contributed by atoms with Crippen molar-refractivity contribution in [3.05, 3.63) is 53.6 Å². The summed E-state index contributed by atoms with van der Waals surface area (Å²) in [6.07, 6.45) is 0. The van der Waals surface area contributed by atoms with Gasteiger partial charge in [-0.25, -0.2) is 13.1 Å². The van der Waals surface area contributed by atoms with Crippen molar-refractivity contribution >= 4 is 15.7 Å². The number of aromatic hydroxyl groups is 1. The molecule has 21 heavy (non-hydrogen) atoms. The highest BCUT2D eigenvalue weighted by Crippen LogP contribution is 2.21. The molecular weight excluding hydrogens is 288 g/mol. The van der Waals surface area contributed by atoms with E-state index in [0.29, 0.717) is 6.54 Å². The topological polar surface area (TPSA) is 78.4 Å². The van der Waals surface area contributed by atoms with Crippen LogP contribution < -0.4 is 10.0 Å². The summed E-state index contributed by atoms with van der Waals surface area (Å²) in [4.78, 5) is 0.226. The molecule has 0 radical (unpaired) electrons. The van der Waals surface area contributed by atoms with Crippen LogP contribution in [0.1, 0.15) is 11.1 Å². The van der Waals surface area contributed by atoms with Crippen molar-refractivity contribution in [2.45, 2.75) is 18.4 Å². The molecule has 5 nitrogen and oxygen atoms in total. The van der Waals surface area contributed by atoms with Gasteiger partial charge in [0.1, 0.15) is 5.75 Å². The highest BCUT2D eigenvalue weighted by atomic mass is 32.2. The third kappa shape index (κ3) is 3.74. The third-order valence-corrected chi connectivity index (χ3v) is 4.62. The molecule has 0 heterocycles. The molecule has 2 aromatic rings. The Morgan fingerprint density at radius 1 is 1.10 bits per heavy atom. The first-order valence-electron chi connectivity index (χ1n) is 6.48. The molecule has 0 spiro atoms. The van der Waals surface area contributed by atoms with E-state index in [1.165, 1.54) is 7.05 Å². The summed E-state index contributed by atoms with van der Waals surface area (Å²) < 4.78 is 25.9. The van der Waals surface area contributed by atoms with E-state index in [1.807, 2.05) is 19.1 Å². The van der Waals surface area contributed by atoms with Gasteiger partial charge < -0.3 is 10.4 Å². The Hall–Kier alpha value is -2.05. The molecular formula is C15H18N2O3S. The van der Waals surface area contributed by atoms with Crippen molar-refractivity contribution in [2.24, 2.45) is 0 Å². The summed E-state index contributed by atoms with van der Waals surface area (Å²) >= 11 is 0. The molecule has 0 amide bonds. The first kappa shape index (κ1) is 15.3. The molecule has 0 aliphatic carbocycles. The second-order valence-corrected chi connectivity index (χ2v) is 6.59. The summed E-state index contributed by atoms with van der Waals surface area (Å²) in [7, 11) is -2.06. The first-order valence-corrected chi connectivity index (χ1v) is 7.96. The van der Waals surface area contributed by atoms with Crippen LogP contribution in [0, 0.1) is 6.92 Å². The molecule has 0 saturated heterocycles. The lowest BCUT2D eigenvalue weighted by molar-refractivity contribution is 0.475. The van der Waals surface area contributed by atoms with Crippen LogP contribution >= 0.6 is 0 Å². The molecule has 0 aliphatic heterocycles. The van der Waals surface area contributed by atoms with Crippen LogP contribution in [0.2, 0.25) is 0 Å². The molecule has 2 aromatic carbocycles. The van der Waals surface area contributed by atoms with Crippen LogP contribution in [0.15, 0.2) is 47.4 Å². The molecule has 3 N–H and O–H groups in total. The molecule has 0 atom stereocenters. The van der Waals surface area contributed by atoms with Gasteiger partial charge in [-0.3, -0.25) is 0 Å². The average molecular weight is 306 g/mol. The maximum absolute atomic E-state index is 11.8. The Morgan fingerprint density at radius 2 is 1.76 bits per heavy atom. The highest BCUT2D eigenvalue weighted by Gasteiger charge is 2.12. The molecule has 0 unspecified atom stereocenters. The Kier molecular flexibility index (Phi) is 4.50. The minimum Gasteiger partial charge on any atom is -0.508 e. The van der Waals surface area contributed by atoms with E-state index in [2.05, 4.69) is 10.0 Å². The van der Waals surface area contributed by atoms with Gasteiger partial charge in [0.2, 0.25) is 10.0 Å². The molecule has 0 saturated carbocycles. The number of phenols is 1. The van der Waals surface area contributed by atoms with Gasteiger partial charge >= 0.3 is 0 Å². The van der Waals surface area contributed by atoms with Gasteiger partial charge in [0.05, 0.1) is 4.90 Å². The number of benzene rings is 2. The standard InChI is InChI=1S/C15H18N2O3S/c1-11-3-8-14(21(19,20)16-2)9-15(11)17-10-12-4-6-13(18)7-5-12/h3-9,16-18H,10H2,1-2H3. The Balaban J connectivity index is 2.20. The van der Waals surface area contributed by atoms with E-state index in [9.17, 15) is 13.5 Å². The first-order chi connectivity index (χ1) is 9.92. The Morgan fingerprint density at radius 3 is 2.38 bits per heavy atom. The van der Waals surface area contributed by atoms with Crippen molar-refractivity contribution in [2.75, 3.05) is 12.4 Å².